The van der Waals surface area contributed by atoms with Crippen molar-refractivity contribution in [1.29, 1.82) is 0 Å². The number of hydrogen-bond donors (Lipinski definition) is 1. The number of amides is 1. The number of benzene rings is 1. The standard InChI is InChI=1S/C20H24N6O/c1-20(2,3)14-6-7-15-13(9-14)11-21-19(22-15)23-18(27)12-5-8-17-16(10-12)24-25-26(17)4/h5,8,10-11,14H,6-7,9H2,1-4H3,(H,21,22,23,27)/t14-/m0/s1. The topological polar surface area (TPSA) is 85.6 Å². The normalized spacial score (nSPS) is 17.0. The molecule has 4 rings (SSSR count). The van der Waals surface area contributed by atoms with Gasteiger partial charge in [-0.05, 0) is 54.4 Å². The Balaban J connectivity index is 1.52. The largest absolute Gasteiger partial charge is 0.290 e. The van der Waals surface area contributed by atoms with Crippen molar-refractivity contribution in [3.05, 3.63) is 41.2 Å². The summed E-state index contributed by atoms with van der Waals surface area (Å²) in [6, 6.07) is 5.32. The zero-order valence-electron chi connectivity index (χ0n) is 16.2. The Bertz CT molecular complexity index is 1020. The molecule has 0 radical (unpaired) electrons. The number of rotatable bonds is 2. The second kappa shape index (κ2) is 6.40. The molecule has 7 nitrogen and oxygen atoms in total. The Kier molecular flexibility index (Phi) is 4.17. The van der Waals surface area contributed by atoms with Gasteiger partial charge in [-0.15, -0.1) is 5.10 Å². The average molecular weight is 364 g/mol. The lowest BCUT2D eigenvalue weighted by Gasteiger charge is -2.34. The van der Waals surface area contributed by atoms with Gasteiger partial charge in [-0.2, -0.15) is 0 Å². The van der Waals surface area contributed by atoms with E-state index >= 15 is 0 Å². The summed E-state index contributed by atoms with van der Waals surface area (Å²) in [6.45, 7) is 6.85. The fourth-order valence-corrected chi connectivity index (χ4v) is 3.66. The first-order valence-electron chi connectivity index (χ1n) is 9.27. The fraction of sp³-hybridized carbons (Fsp3) is 0.450. The van der Waals surface area contributed by atoms with Crippen molar-refractivity contribution in [1.82, 2.24) is 25.0 Å². The molecule has 140 valence electrons. The quantitative estimate of drug-likeness (QED) is 0.755. The van der Waals surface area contributed by atoms with Gasteiger partial charge in [0.15, 0.2) is 0 Å². The molecular formula is C20H24N6O. The third-order valence-corrected chi connectivity index (χ3v) is 5.47. The van der Waals surface area contributed by atoms with E-state index in [0.29, 0.717) is 22.9 Å². The molecule has 0 unspecified atom stereocenters. The number of nitrogens with zero attached hydrogens (tertiary/aromatic N) is 5. The molecule has 1 N–H and O–H groups in total. The maximum absolute atomic E-state index is 12.6. The van der Waals surface area contributed by atoms with Gasteiger partial charge in [0.05, 0.1) is 5.52 Å². The van der Waals surface area contributed by atoms with Gasteiger partial charge in [-0.1, -0.05) is 26.0 Å². The van der Waals surface area contributed by atoms with Crippen LogP contribution < -0.4 is 5.32 Å². The molecule has 1 aliphatic carbocycles. The first-order valence-corrected chi connectivity index (χ1v) is 9.27. The van der Waals surface area contributed by atoms with Crippen LogP contribution in [0.3, 0.4) is 0 Å². The lowest BCUT2D eigenvalue weighted by molar-refractivity contribution is 0.102. The zero-order chi connectivity index (χ0) is 19.2. The summed E-state index contributed by atoms with van der Waals surface area (Å²) in [5.41, 5.74) is 4.60. The van der Waals surface area contributed by atoms with E-state index in [-0.39, 0.29) is 11.3 Å². The van der Waals surface area contributed by atoms with Crippen molar-refractivity contribution in [2.24, 2.45) is 18.4 Å². The molecular weight excluding hydrogens is 340 g/mol. The van der Waals surface area contributed by atoms with Crippen molar-refractivity contribution < 1.29 is 4.79 Å². The number of anilines is 1. The van der Waals surface area contributed by atoms with Crippen LogP contribution in [-0.4, -0.2) is 30.9 Å². The molecule has 0 spiro atoms. The molecule has 0 bridgehead atoms. The molecule has 1 aromatic carbocycles. The number of nitrogens with one attached hydrogen (secondary N) is 1. The van der Waals surface area contributed by atoms with E-state index in [1.54, 1.807) is 16.8 Å². The Labute approximate surface area is 158 Å². The van der Waals surface area contributed by atoms with Crippen LogP contribution in [0.2, 0.25) is 0 Å². The SMILES string of the molecule is Cn1nnc2cc(C(=O)Nc3ncc4c(n3)CC[C@H](C(C)(C)C)C4)ccc21. The van der Waals surface area contributed by atoms with Gasteiger partial charge in [0, 0.05) is 24.5 Å². The van der Waals surface area contributed by atoms with E-state index in [9.17, 15) is 4.79 Å². The van der Waals surface area contributed by atoms with Crippen LogP contribution in [0.5, 0.6) is 0 Å². The molecule has 1 amide bonds. The third-order valence-electron chi connectivity index (χ3n) is 5.47. The summed E-state index contributed by atoms with van der Waals surface area (Å²) in [6.07, 6.45) is 4.90. The third kappa shape index (κ3) is 3.41. The van der Waals surface area contributed by atoms with E-state index in [0.717, 1.165) is 30.5 Å². The minimum absolute atomic E-state index is 0.245. The predicted molar refractivity (Wildman–Crippen MR) is 103 cm³/mol. The Hall–Kier alpha value is -2.83. The number of carbonyl (C=O) groups is 1. The van der Waals surface area contributed by atoms with Gasteiger partial charge in [0.2, 0.25) is 5.95 Å². The van der Waals surface area contributed by atoms with Crippen molar-refractivity contribution >= 4 is 22.9 Å². The summed E-state index contributed by atoms with van der Waals surface area (Å²) in [5, 5.41) is 10.8. The molecule has 1 aliphatic rings. The Morgan fingerprint density at radius 3 is 2.89 bits per heavy atom. The van der Waals surface area contributed by atoms with Gasteiger partial charge in [-0.3, -0.25) is 10.1 Å². The number of carbonyl (C=O) groups excluding carboxylic acids is 1. The second-order valence-corrected chi connectivity index (χ2v) is 8.34. The number of hydrogen-bond acceptors (Lipinski definition) is 5. The first kappa shape index (κ1) is 17.6. The molecule has 0 saturated heterocycles. The monoisotopic (exact) mass is 364 g/mol. The average Bonchev–Trinajstić information content (AvgIpc) is 3.01. The van der Waals surface area contributed by atoms with E-state index in [2.05, 4.69) is 46.4 Å². The molecule has 0 fully saturated rings. The van der Waals surface area contributed by atoms with Crippen molar-refractivity contribution in [3.63, 3.8) is 0 Å². The summed E-state index contributed by atoms with van der Waals surface area (Å²) in [7, 11) is 1.82. The molecule has 7 heteroatoms. The highest BCUT2D eigenvalue weighted by Gasteiger charge is 2.29. The molecule has 27 heavy (non-hydrogen) atoms. The highest BCUT2D eigenvalue weighted by atomic mass is 16.1. The van der Waals surface area contributed by atoms with Crippen LogP contribution in [-0.2, 0) is 19.9 Å². The molecule has 1 atom stereocenters. The van der Waals surface area contributed by atoms with Crippen molar-refractivity contribution in [2.75, 3.05) is 5.32 Å². The van der Waals surface area contributed by atoms with Gasteiger partial charge in [0.25, 0.3) is 5.91 Å². The minimum Gasteiger partial charge on any atom is -0.290 e. The van der Waals surface area contributed by atoms with Crippen LogP contribution in [0.15, 0.2) is 24.4 Å². The smallest absolute Gasteiger partial charge is 0.258 e. The second-order valence-electron chi connectivity index (χ2n) is 8.34. The van der Waals surface area contributed by atoms with Crippen molar-refractivity contribution in [3.8, 4) is 0 Å². The van der Waals surface area contributed by atoms with Gasteiger partial charge < -0.3 is 0 Å². The van der Waals surface area contributed by atoms with Gasteiger partial charge in [0.1, 0.15) is 5.52 Å². The number of aromatic nitrogens is 5. The lowest BCUT2D eigenvalue weighted by atomic mass is 9.72. The van der Waals surface area contributed by atoms with Gasteiger partial charge in [-0.25, -0.2) is 14.6 Å². The van der Waals surface area contributed by atoms with Crippen LogP contribution in [0.1, 0.15) is 48.8 Å². The molecule has 0 aliphatic heterocycles. The summed E-state index contributed by atoms with van der Waals surface area (Å²) >= 11 is 0. The molecule has 0 saturated carbocycles. The van der Waals surface area contributed by atoms with Crippen molar-refractivity contribution in [2.45, 2.75) is 40.0 Å². The maximum Gasteiger partial charge on any atom is 0.258 e. The maximum atomic E-state index is 12.6. The molecule has 3 aromatic rings. The lowest BCUT2D eigenvalue weighted by Crippen LogP contribution is -2.28. The number of aryl methyl sites for hydroxylation is 2. The number of fused-ring (bicyclic) bond motifs is 2. The van der Waals surface area contributed by atoms with Crippen LogP contribution in [0.4, 0.5) is 5.95 Å². The first-order chi connectivity index (χ1) is 12.8. The highest BCUT2D eigenvalue weighted by Crippen LogP contribution is 2.36. The van der Waals surface area contributed by atoms with Crippen LogP contribution >= 0.6 is 0 Å². The summed E-state index contributed by atoms with van der Waals surface area (Å²) in [4.78, 5) is 21.5. The molecule has 2 heterocycles. The fourth-order valence-electron chi connectivity index (χ4n) is 3.66. The van der Waals surface area contributed by atoms with E-state index in [4.69, 9.17) is 0 Å². The Morgan fingerprint density at radius 2 is 2.11 bits per heavy atom. The minimum atomic E-state index is -0.245. The van der Waals surface area contributed by atoms with Crippen LogP contribution in [0.25, 0.3) is 11.0 Å². The molecule has 2 aromatic heterocycles. The predicted octanol–water partition coefficient (Wildman–Crippen LogP) is 3.16. The highest BCUT2D eigenvalue weighted by molar-refractivity contribution is 6.05. The summed E-state index contributed by atoms with van der Waals surface area (Å²) < 4.78 is 1.68. The van der Waals surface area contributed by atoms with E-state index < -0.39 is 0 Å². The summed E-state index contributed by atoms with van der Waals surface area (Å²) in [5.74, 6) is 0.742. The van der Waals surface area contributed by atoms with E-state index in [1.807, 2.05) is 19.3 Å². The van der Waals surface area contributed by atoms with Crippen LogP contribution in [0, 0.1) is 11.3 Å². The zero-order valence-corrected chi connectivity index (χ0v) is 16.2. The Morgan fingerprint density at radius 1 is 1.30 bits per heavy atom. The van der Waals surface area contributed by atoms with E-state index in [1.165, 1.54) is 5.56 Å². The van der Waals surface area contributed by atoms with Gasteiger partial charge >= 0.3 is 0 Å².